The molecule has 0 radical (unpaired) electrons. The Morgan fingerprint density at radius 2 is 1.82 bits per heavy atom. The van der Waals surface area contributed by atoms with Crippen LogP contribution in [0, 0.1) is 0 Å². The molecular weight excluding hydrogens is 436 g/mol. The molecule has 1 aromatic heterocycles. The molecule has 33 heavy (non-hydrogen) atoms. The van der Waals surface area contributed by atoms with Crippen LogP contribution >= 0.6 is 12.4 Å². The highest BCUT2D eigenvalue weighted by Gasteiger charge is 2.19. The molecule has 1 amide bonds. The fourth-order valence-corrected chi connectivity index (χ4v) is 4.53. The van der Waals surface area contributed by atoms with E-state index in [1.54, 1.807) is 13.3 Å². The molecule has 1 aliphatic rings. The third kappa shape index (κ3) is 4.77. The van der Waals surface area contributed by atoms with E-state index in [9.17, 15) is 4.79 Å². The van der Waals surface area contributed by atoms with Crippen LogP contribution in [0.3, 0.4) is 0 Å². The number of aromatic amines is 1. The zero-order chi connectivity index (χ0) is 21.9. The molecule has 7 heteroatoms. The first-order chi connectivity index (χ1) is 15.7. The maximum absolute atomic E-state index is 12.6. The second-order valence-electron chi connectivity index (χ2n) is 8.20. The molecule has 0 atom stereocenters. The lowest BCUT2D eigenvalue weighted by molar-refractivity contribution is 0.0949. The number of halogens is 1. The summed E-state index contributed by atoms with van der Waals surface area (Å²) in [5.74, 6) is 0.861. The van der Waals surface area contributed by atoms with Gasteiger partial charge < -0.3 is 19.9 Å². The number of amides is 1. The summed E-state index contributed by atoms with van der Waals surface area (Å²) in [6.07, 6.45) is 1.79. The number of nitrogens with one attached hydrogen (secondary N) is 2. The Balaban J connectivity index is 0.00000259. The minimum absolute atomic E-state index is 0. The molecule has 0 aliphatic carbocycles. The van der Waals surface area contributed by atoms with E-state index in [0.717, 1.165) is 49.4 Å². The number of hydrogen-bond donors (Lipinski definition) is 2. The Hall–Kier alpha value is -3.22. The number of piperazine rings is 1. The summed E-state index contributed by atoms with van der Waals surface area (Å²) < 4.78 is 5.43. The minimum Gasteiger partial charge on any atom is -0.497 e. The van der Waals surface area contributed by atoms with E-state index in [1.807, 2.05) is 30.3 Å². The first-order valence-corrected chi connectivity index (χ1v) is 11.1. The van der Waals surface area contributed by atoms with Gasteiger partial charge in [0, 0.05) is 67.4 Å². The van der Waals surface area contributed by atoms with Crippen LogP contribution < -0.4 is 15.0 Å². The molecular formula is C26H29ClN4O2. The molecule has 1 fully saturated rings. The van der Waals surface area contributed by atoms with Crippen molar-refractivity contribution in [3.63, 3.8) is 0 Å². The molecule has 0 spiro atoms. The van der Waals surface area contributed by atoms with E-state index in [4.69, 9.17) is 4.74 Å². The fourth-order valence-electron chi connectivity index (χ4n) is 4.53. The molecule has 2 N–H and O–H groups in total. The van der Waals surface area contributed by atoms with Crippen LogP contribution in [0.15, 0.2) is 66.9 Å². The second-order valence-corrected chi connectivity index (χ2v) is 8.20. The number of anilines is 1. The first-order valence-electron chi connectivity index (χ1n) is 11.1. The highest BCUT2D eigenvalue weighted by atomic mass is 35.5. The van der Waals surface area contributed by atoms with Gasteiger partial charge in [-0.05, 0) is 29.7 Å². The summed E-state index contributed by atoms with van der Waals surface area (Å²) >= 11 is 0. The Morgan fingerprint density at radius 3 is 2.64 bits per heavy atom. The highest BCUT2D eigenvalue weighted by molar-refractivity contribution is 6.06. The van der Waals surface area contributed by atoms with Crippen LogP contribution in [-0.2, 0) is 0 Å². The van der Waals surface area contributed by atoms with E-state index >= 15 is 0 Å². The van der Waals surface area contributed by atoms with Crippen molar-refractivity contribution in [1.82, 2.24) is 15.2 Å². The smallest absolute Gasteiger partial charge is 0.253 e. The lowest BCUT2D eigenvalue weighted by Crippen LogP contribution is -2.48. The number of ether oxygens (including phenoxy) is 1. The average molecular weight is 465 g/mol. The summed E-state index contributed by atoms with van der Waals surface area (Å²) in [6.45, 7) is 5.38. The number of aromatic nitrogens is 1. The third-order valence-electron chi connectivity index (χ3n) is 6.33. The number of benzene rings is 3. The maximum atomic E-state index is 12.6. The van der Waals surface area contributed by atoms with Crippen molar-refractivity contribution in [1.29, 1.82) is 0 Å². The molecule has 2 heterocycles. The standard InChI is InChI=1S/C26H28N4O2.ClH/c1-32-20-10-9-19-5-4-8-25(22(19)17-20)30-15-13-29(14-16-30)12-11-27-26(31)23-18-28-24-7-3-2-6-21(23)24;/h2-10,17-18,28H,11-16H2,1H3,(H,27,31);1H. The van der Waals surface area contributed by atoms with Gasteiger partial charge in [0.15, 0.2) is 0 Å². The van der Waals surface area contributed by atoms with Crippen molar-refractivity contribution in [2.24, 2.45) is 0 Å². The largest absolute Gasteiger partial charge is 0.497 e. The van der Waals surface area contributed by atoms with Crippen molar-refractivity contribution in [3.05, 3.63) is 72.4 Å². The Kier molecular flexibility index (Phi) is 7.06. The van der Waals surface area contributed by atoms with E-state index < -0.39 is 0 Å². The number of nitrogens with zero attached hydrogens (tertiary/aromatic N) is 2. The number of para-hydroxylation sites is 1. The fraction of sp³-hybridized carbons (Fsp3) is 0.269. The molecule has 1 aliphatic heterocycles. The van der Waals surface area contributed by atoms with Crippen LogP contribution in [0.1, 0.15) is 10.4 Å². The lowest BCUT2D eigenvalue weighted by Gasteiger charge is -2.36. The van der Waals surface area contributed by atoms with Gasteiger partial charge in [0.2, 0.25) is 0 Å². The van der Waals surface area contributed by atoms with Gasteiger partial charge in [0.25, 0.3) is 5.91 Å². The van der Waals surface area contributed by atoms with Gasteiger partial charge in [0.05, 0.1) is 12.7 Å². The van der Waals surface area contributed by atoms with Gasteiger partial charge in [-0.25, -0.2) is 0 Å². The van der Waals surface area contributed by atoms with Crippen molar-refractivity contribution < 1.29 is 9.53 Å². The lowest BCUT2D eigenvalue weighted by atomic mass is 10.1. The van der Waals surface area contributed by atoms with E-state index in [-0.39, 0.29) is 18.3 Å². The summed E-state index contributed by atoms with van der Waals surface area (Å²) in [7, 11) is 1.71. The van der Waals surface area contributed by atoms with Gasteiger partial charge in [0.1, 0.15) is 5.75 Å². The predicted molar refractivity (Wildman–Crippen MR) is 137 cm³/mol. The van der Waals surface area contributed by atoms with Crippen molar-refractivity contribution in [2.75, 3.05) is 51.3 Å². The molecule has 1 saturated heterocycles. The van der Waals surface area contributed by atoms with Crippen LogP contribution in [0.4, 0.5) is 5.69 Å². The van der Waals surface area contributed by atoms with Gasteiger partial charge in [-0.1, -0.05) is 36.4 Å². The number of carbonyl (C=O) groups excluding carboxylic acids is 1. The predicted octanol–water partition coefficient (Wildman–Crippen LogP) is 4.30. The van der Waals surface area contributed by atoms with Gasteiger partial charge in [-0.2, -0.15) is 0 Å². The van der Waals surface area contributed by atoms with E-state index in [0.29, 0.717) is 12.1 Å². The summed E-state index contributed by atoms with van der Waals surface area (Å²) in [5.41, 5.74) is 2.95. The average Bonchev–Trinajstić information content (AvgIpc) is 3.28. The Bertz CT molecular complexity index is 1250. The Morgan fingerprint density at radius 1 is 1.00 bits per heavy atom. The van der Waals surface area contributed by atoms with Crippen molar-refractivity contribution in [2.45, 2.75) is 0 Å². The number of methoxy groups -OCH3 is 1. The topological polar surface area (TPSA) is 60.6 Å². The molecule has 6 nitrogen and oxygen atoms in total. The molecule has 0 unspecified atom stereocenters. The summed E-state index contributed by atoms with van der Waals surface area (Å²) in [6, 6.07) is 20.6. The number of H-pyrrole nitrogens is 1. The van der Waals surface area contributed by atoms with Crippen LogP contribution in [0.5, 0.6) is 5.75 Å². The van der Waals surface area contributed by atoms with Crippen LogP contribution in [-0.4, -0.2) is 62.2 Å². The number of carbonyl (C=O) groups is 1. The highest BCUT2D eigenvalue weighted by Crippen LogP contribution is 2.30. The zero-order valence-corrected chi connectivity index (χ0v) is 19.5. The molecule has 0 saturated carbocycles. The van der Waals surface area contributed by atoms with Gasteiger partial charge in [-0.3, -0.25) is 9.69 Å². The van der Waals surface area contributed by atoms with Crippen LogP contribution in [0.2, 0.25) is 0 Å². The summed E-state index contributed by atoms with van der Waals surface area (Å²) in [5, 5.41) is 6.49. The molecule has 4 aromatic rings. The monoisotopic (exact) mass is 464 g/mol. The van der Waals surface area contributed by atoms with Crippen LogP contribution in [0.25, 0.3) is 21.7 Å². The van der Waals surface area contributed by atoms with E-state index in [1.165, 1.54) is 16.5 Å². The molecule has 0 bridgehead atoms. The normalized spacial score (nSPS) is 14.3. The zero-order valence-electron chi connectivity index (χ0n) is 18.7. The van der Waals surface area contributed by atoms with Gasteiger partial charge in [-0.15, -0.1) is 12.4 Å². The number of hydrogen-bond acceptors (Lipinski definition) is 4. The first kappa shape index (κ1) is 23.0. The Labute approximate surface area is 199 Å². The second kappa shape index (κ2) is 10.1. The number of rotatable bonds is 6. The SMILES string of the molecule is COc1ccc2cccc(N3CCN(CCNC(=O)c4c[nH]c5ccccc45)CC3)c2c1.Cl. The molecule has 3 aromatic carbocycles. The van der Waals surface area contributed by atoms with Crippen molar-refractivity contribution >= 4 is 45.7 Å². The van der Waals surface area contributed by atoms with E-state index in [2.05, 4.69) is 50.4 Å². The van der Waals surface area contributed by atoms with Gasteiger partial charge >= 0.3 is 0 Å². The number of fused-ring (bicyclic) bond motifs is 2. The molecule has 5 rings (SSSR count). The maximum Gasteiger partial charge on any atom is 0.253 e. The minimum atomic E-state index is -0.0224. The quantitative estimate of drug-likeness (QED) is 0.446. The molecule has 172 valence electrons. The third-order valence-corrected chi connectivity index (χ3v) is 6.33. The van der Waals surface area contributed by atoms with Crippen molar-refractivity contribution in [3.8, 4) is 5.75 Å². The summed E-state index contributed by atoms with van der Waals surface area (Å²) in [4.78, 5) is 20.6.